The van der Waals surface area contributed by atoms with Crippen LogP contribution in [0.25, 0.3) is 0 Å². The van der Waals surface area contributed by atoms with Gasteiger partial charge in [-0.1, -0.05) is 35.9 Å². The van der Waals surface area contributed by atoms with Gasteiger partial charge in [-0.3, -0.25) is 0 Å². The molecule has 3 heteroatoms. The molecule has 0 radical (unpaired) electrons. The Labute approximate surface area is 120 Å². The minimum Gasteiger partial charge on any atom is -0.370 e. The zero-order chi connectivity index (χ0) is 14.5. The first kappa shape index (κ1) is 14.1. The van der Waals surface area contributed by atoms with E-state index in [9.17, 15) is 0 Å². The number of nitrogens with zero attached hydrogens (tertiary/aromatic N) is 1. The molecule has 0 saturated carbocycles. The van der Waals surface area contributed by atoms with Crippen LogP contribution in [0.3, 0.4) is 0 Å². The topological polar surface area (TPSA) is 50.4 Å². The van der Waals surface area contributed by atoms with Gasteiger partial charge in [0.2, 0.25) is 0 Å². The largest absolute Gasteiger partial charge is 0.370 e. The van der Waals surface area contributed by atoms with Crippen molar-refractivity contribution >= 4 is 11.6 Å². The van der Waals surface area contributed by atoms with Gasteiger partial charge in [0.1, 0.15) is 0 Å². The Morgan fingerprint density at radius 3 is 2.35 bits per heavy atom. The number of aliphatic imine (C=N–C) groups is 1. The van der Waals surface area contributed by atoms with Crippen LogP contribution in [0.1, 0.15) is 22.3 Å². The average Bonchev–Trinajstić information content (AvgIpc) is 2.42. The van der Waals surface area contributed by atoms with E-state index >= 15 is 0 Å². The Kier molecular flexibility index (Phi) is 4.41. The molecule has 0 aliphatic rings. The summed E-state index contributed by atoms with van der Waals surface area (Å²) in [6, 6.07) is 14.5. The third-order valence-electron chi connectivity index (χ3n) is 3.33. The SMILES string of the molecule is Cc1ccc(CN=C(N)Nc2ccc(C)c(C)c2)cc1. The van der Waals surface area contributed by atoms with Crippen LogP contribution in [0.2, 0.25) is 0 Å². The van der Waals surface area contributed by atoms with E-state index in [0.717, 1.165) is 11.3 Å². The Balaban J connectivity index is 2.00. The van der Waals surface area contributed by atoms with Gasteiger partial charge in [0, 0.05) is 5.69 Å². The number of nitrogens with two attached hydrogens (primary N) is 1. The molecule has 0 saturated heterocycles. The highest BCUT2D eigenvalue weighted by atomic mass is 15.1. The minimum absolute atomic E-state index is 0.439. The number of hydrogen-bond acceptors (Lipinski definition) is 1. The Morgan fingerprint density at radius 1 is 1.00 bits per heavy atom. The van der Waals surface area contributed by atoms with Gasteiger partial charge in [0.05, 0.1) is 6.54 Å². The zero-order valence-corrected chi connectivity index (χ0v) is 12.3. The van der Waals surface area contributed by atoms with Crippen molar-refractivity contribution in [2.75, 3.05) is 5.32 Å². The van der Waals surface area contributed by atoms with Crippen molar-refractivity contribution in [3.8, 4) is 0 Å². The summed E-state index contributed by atoms with van der Waals surface area (Å²) in [6.45, 7) is 6.83. The molecule has 0 bridgehead atoms. The second kappa shape index (κ2) is 6.24. The quantitative estimate of drug-likeness (QED) is 0.660. The number of aryl methyl sites for hydroxylation is 3. The van der Waals surface area contributed by atoms with Gasteiger partial charge in [-0.2, -0.15) is 0 Å². The minimum atomic E-state index is 0.439. The summed E-state index contributed by atoms with van der Waals surface area (Å²) in [5, 5.41) is 3.12. The van der Waals surface area contributed by atoms with Crippen molar-refractivity contribution < 1.29 is 0 Å². The fourth-order valence-electron chi connectivity index (χ4n) is 1.88. The molecule has 0 aromatic heterocycles. The molecule has 20 heavy (non-hydrogen) atoms. The first-order valence-electron chi connectivity index (χ1n) is 6.74. The maximum Gasteiger partial charge on any atom is 0.193 e. The summed E-state index contributed by atoms with van der Waals surface area (Å²) < 4.78 is 0. The normalized spacial score (nSPS) is 11.4. The number of rotatable bonds is 3. The molecule has 104 valence electrons. The van der Waals surface area contributed by atoms with Crippen LogP contribution in [0.4, 0.5) is 5.69 Å². The summed E-state index contributed by atoms with van der Waals surface area (Å²) in [5.74, 6) is 0.439. The molecule has 0 atom stereocenters. The van der Waals surface area contributed by atoms with Gasteiger partial charge in [-0.25, -0.2) is 4.99 Å². The molecule has 0 aliphatic heterocycles. The lowest BCUT2D eigenvalue weighted by Gasteiger charge is -2.08. The van der Waals surface area contributed by atoms with E-state index in [1.54, 1.807) is 0 Å². The molecule has 0 fully saturated rings. The van der Waals surface area contributed by atoms with E-state index in [1.807, 2.05) is 6.07 Å². The second-order valence-electron chi connectivity index (χ2n) is 5.11. The highest BCUT2D eigenvalue weighted by molar-refractivity contribution is 5.92. The Hall–Kier alpha value is -2.29. The van der Waals surface area contributed by atoms with Crippen LogP contribution in [0.15, 0.2) is 47.5 Å². The lowest BCUT2D eigenvalue weighted by Crippen LogP contribution is -2.22. The molecule has 0 unspecified atom stereocenters. The van der Waals surface area contributed by atoms with E-state index in [0.29, 0.717) is 12.5 Å². The lowest BCUT2D eigenvalue weighted by atomic mass is 10.1. The van der Waals surface area contributed by atoms with Crippen LogP contribution >= 0.6 is 0 Å². The van der Waals surface area contributed by atoms with Crippen molar-refractivity contribution in [2.24, 2.45) is 10.7 Å². The molecule has 2 rings (SSSR count). The fourth-order valence-corrected chi connectivity index (χ4v) is 1.88. The predicted molar refractivity (Wildman–Crippen MR) is 86.0 cm³/mol. The fraction of sp³-hybridized carbons (Fsp3) is 0.235. The van der Waals surface area contributed by atoms with Crippen molar-refractivity contribution in [3.63, 3.8) is 0 Å². The number of benzene rings is 2. The predicted octanol–water partition coefficient (Wildman–Crippen LogP) is 3.54. The van der Waals surface area contributed by atoms with Crippen LogP contribution in [0, 0.1) is 20.8 Å². The summed E-state index contributed by atoms with van der Waals surface area (Å²) in [6.07, 6.45) is 0. The number of hydrogen-bond donors (Lipinski definition) is 2. The first-order valence-corrected chi connectivity index (χ1v) is 6.74. The average molecular weight is 267 g/mol. The van der Waals surface area contributed by atoms with Crippen molar-refractivity contribution in [1.82, 2.24) is 0 Å². The molecule has 0 spiro atoms. The number of nitrogens with one attached hydrogen (secondary N) is 1. The Bertz CT molecular complexity index is 613. The maximum absolute atomic E-state index is 5.91. The molecule has 3 nitrogen and oxygen atoms in total. The molecule has 0 heterocycles. The molecular formula is C17H21N3. The smallest absolute Gasteiger partial charge is 0.193 e. The summed E-state index contributed by atoms with van der Waals surface area (Å²) in [7, 11) is 0. The van der Waals surface area contributed by atoms with Crippen LogP contribution in [-0.2, 0) is 6.54 Å². The van der Waals surface area contributed by atoms with Crippen LogP contribution in [0.5, 0.6) is 0 Å². The first-order chi connectivity index (χ1) is 9.54. The van der Waals surface area contributed by atoms with Gasteiger partial charge >= 0.3 is 0 Å². The molecule has 0 amide bonds. The van der Waals surface area contributed by atoms with Crippen molar-refractivity contribution in [3.05, 3.63) is 64.7 Å². The van der Waals surface area contributed by atoms with E-state index in [1.165, 1.54) is 16.7 Å². The van der Waals surface area contributed by atoms with Gasteiger partial charge in [0.25, 0.3) is 0 Å². The number of anilines is 1. The Morgan fingerprint density at radius 2 is 1.70 bits per heavy atom. The van der Waals surface area contributed by atoms with E-state index < -0.39 is 0 Å². The standard InChI is InChI=1S/C17H21N3/c1-12-4-7-15(8-5-12)11-19-17(18)20-16-9-6-13(2)14(3)10-16/h4-10H,11H2,1-3H3,(H3,18,19,20). The molecular weight excluding hydrogens is 246 g/mol. The maximum atomic E-state index is 5.91. The summed E-state index contributed by atoms with van der Waals surface area (Å²) >= 11 is 0. The van der Waals surface area contributed by atoms with E-state index in [-0.39, 0.29) is 0 Å². The molecule has 0 aliphatic carbocycles. The monoisotopic (exact) mass is 267 g/mol. The van der Waals surface area contributed by atoms with Gasteiger partial charge < -0.3 is 11.1 Å². The van der Waals surface area contributed by atoms with Gasteiger partial charge in [-0.15, -0.1) is 0 Å². The van der Waals surface area contributed by atoms with Gasteiger partial charge in [0.15, 0.2) is 5.96 Å². The third-order valence-corrected chi connectivity index (χ3v) is 3.33. The third kappa shape index (κ3) is 3.85. The summed E-state index contributed by atoms with van der Waals surface area (Å²) in [5.41, 5.74) is 11.8. The highest BCUT2D eigenvalue weighted by Crippen LogP contribution is 2.13. The lowest BCUT2D eigenvalue weighted by molar-refractivity contribution is 1.06. The van der Waals surface area contributed by atoms with E-state index in [2.05, 4.69) is 67.5 Å². The zero-order valence-electron chi connectivity index (χ0n) is 12.3. The molecule has 2 aromatic rings. The van der Waals surface area contributed by atoms with Gasteiger partial charge in [-0.05, 0) is 49.6 Å². The number of guanidine groups is 1. The van der Waals surface area contributed by atoms with Crippen molar-refractivity contribution in [2.45, 2.75) is 27.3 Å². The van der Waals surface area contributed by atoms with Crippen LogP contribution in [-0.4, -0.2) is 5.96 Å². The molecule has 3 N–H and O–H groups in total. The summed E-state index contributed by atoms with van der Waals surface area (Å²) in [4.78, 5) is 4.35. The highest BCUT2D eigenvalue weighted by Gasteiger charge is 1.98. The molecule has 2 aromatic carbocycles. The van der Waals surface area contributed by atoms with E-state index in [4.69, 9.17) is 5.73 Å². The van der Waals surface area contributed by atoms with Crippen molar-refractivity contribution in [1.29, 1.82) is 0 Å². The van der Waals surface area contributed by atoms with Crippen LogP contribution < -0.4 is 11.1 Å². The second-order valence-corrected chi connectivity index (χ2v) is 5.11.